The molecule has 0 atom stereocenters. The number of thiophene rings is 1. The van der Waals surface area contributed by atoms with Crippen LogP contribution in [-0.4, -0.2) is 17.0 Å². The van der Waals surface area contributed by atoms with Gasteiger partial charge in [0.15, 0.2) is 5.76 Å². The fourth-order valence-electron chi connectivity index (χ4n) is 2.17. The van der Waals surface area contributed by atoms with Gasteiger partial charge in [-0.25, -0.2) is 4.79 Å². The van der Waals surface area contributed by atoms with E-state index in [9.17, 15) is 14.7 Å². The lowest BCUT2D eigenvalue weighted by Crippen LogP contribution is -2.13. The van der Waals surface area contributed by atoms with Gasteiger partial charge in [-0.1, -0.05) is 29.8 Å². The molecule has 0 radical (unpaired) electrons. The highest BCUT2D eigenvalue weighted by atomic mass is 32.1. The fraction of sp³-hybridized carbons (Fsp3) is 0.0588. The molecular formula is C17H13NO4S. The van der Waals surface area contributed by atoms with Gasteiger partial charge in [0, 0.05) is 5.38 Å². The Morgan fingerprint density at radius 2 is 1.91 bits per heavy atom. The van der Waals surface area contributed by atoms with Crippen molar-refractivity contribution in [1.82, 2.24) is 0 Å². The lowest BCUT2D eigenvalue weighted by molar-refractivity contribution is 0.0699. The highest BCUT2D eigenvalue weighted by Gasteiger charge is 2.22. The molecule has 0 unspecified atom stereocenters. The van der Waals surface area contributed by atoms with Gasteiger partial charge in [0.05, 0.1) is 16.8 Å². The Morgan fingerprint density at radius 3 is 2.52 bits per heavy atom. The van der Waals surface area contributed by atoms with E-state index in [0.717, 1.165) is 11.1 Å². The van der Waals surface area contributed by atoms with Gasteiger partial charge >= 0.3 is 5.97 Å². The molecule has 0 saturated carbocycles. The molecule has 5 nitrogen and oxygen atoms in total. The normalized spacial score (nSPS) is 10.5. The van der Waals surface area contributed by atoms with Crippen molar-refractivity contribution in [3.05, 3.63) is 64.9 Å². The number of nitrogens with one attached hydrogen (secondary N) is 1. The van der Waals surface area contributed by atoms with Gasteiger partial charge < -0.3 is 14.8 Å². The summed E-state index contributed by atoms with van der Waals surface area (Å²) in [6.07, 6.45) is 1.39. The van der Waals surface area contributed by atoms with Crippen LogP contribution in [0.1, 0.15) is 26.5 Å². The first-order chi connectivity index (χ1) is 11.1. The minimum Gasteiger partial charge on any atom is -0.478 e. The van der Waals surface area contributed by atoms with Gasteiger partial charge in [-0.15, -0.1) is 11.3 Å². The summed E-state index contributed by atoms with van der Waals surface area (Å²) < 4.78 is 5.02. The summed E-state index contributed by atoms with van der Waals surface area (Å²) >= 11 is 1.28. The van der Waals surface area contributed by atoms with Crippen LogP contribution in [0.4, 0.5) is 5.69 Å². The summed E-state index contributed by atoms with van der Waals surface area (Å²) in [5, 5.41) is 13.7. The highest BCUT2D eigenvalue weighted by Crippen LogP contribution is 2.36. The van der Waals surface area contributed by atoms with E-state index in [-0.39, 0.29) is 17.0 Å². The van der Waals surface area contributed by atoms with Crippen LogP contribution in [0.3, 0.4) is 0 Å². The largest absolute Gasteiger partial charge is 0.478 e. The SMILES string of the molecule is Cc1ccc(-c2scc(NC(=O)c3ccco3)c2C(=O)O)cc1. The Labute approximate surface area is 136 Å². The average molecular weight is 327 g/mol. The van der Waals surface area contributed by atoms with E-state index in [1.165, 1.54) is 23.7 Å². The van der Waals surface area contributed by atoms with Crippen LogP contribution in [-0.2, 0) is 0 Å². The van der Waals surface area contributed by atoms with E-state index < -0.39 is 11.9 Å². The van der Waals surface area contributed by atoms with Gasteiger partial charge in [0.2, 0.25) is 0 Å². The number of carboxylic acid groups (broad SMARTS) is 1. The lowest BCUT2D eigenvalue weighted by Gasteiger charge is -2.05. The van der Waals surface area contributed by atoms with E-state index in [1.54, 1.807) is 11.4 Å². The number of hydrogen-bond acceptors (Lipinski definition) is 4. The second-order valence-corrected chi connectivity index (χ2v) is 5.84. The van der Waals surface area contributed by atoms with Gasteiger partial charge in [-0.3, -0.25) is 4.79 Å². The predicted molar refractivity (Wildman–Crippen MR) is 88.1 cm³/mol. The third-order valence-electron chi connectivity index (χ3n) is 3.31. The van der Waals surface area contributed by atoms with Crippen molar-refractivity contribution in [2.75, 3.05) is 5.32 Å². The number of carbonyl (C=O) groups is 2. The molecule has 3 rings (SSSR count). The number of aryl methyl sites for hydroxylation is 1. The molecule has 0 aliphatic carbocycles. The molecule has 0 aliphatic rings. The lowest BCUT2D eigenvalue weighted by atomic mass is 10.1. The van der Waals surface area contributed by atoms with Gasteiger partial charge in [-0.05, 0) is 24.6 Å². The summed E-state index contributed by atoms with van der Waals surface area (Å²) in [5.41, 5.74) is 2.24. The number of hydrogen-bond donors (Lipinski definition) is 2. The number of anilines is 1. The predicted octanol–water partition coefficient (Wildman–Crippen LogP) is 4.27. The molecule has 0 saturated heterocycles. The molecule has 2 heterocycles. The molecule has 3 aromatic rings. The topological polar surface area (TPSA) is 79.5 Å². The fourth-order valence-corrected chi connectivity index (χ4v) is 3.17. The zero-order valence-electron chi connectivity index (χ0n) is 12.2. The van der Waals surface area contributed by atoms with Crippen LogP contribution in [0.15, 0.2) is 52.5 Å². The van der Waals surface area contributed by atoms with Crippen molar-refractivity contribution in [2.45, 2.75) is 6.92 Å². The van der Waals surface area contributed by atoms with Crippen molar-refractivity contribution in [1.29, 1.82) is 0 Å². The maximum atomic E-state index is 12.0. The second-order valence-electron chi connectivity index (χ2n) is 4.96. The summed E-state index contributed by atoms with van der Waals surface area (Å²) in [5.74, 6) is -1.44. The van der Waals surface area contributed by atoms with Crippen LogP contribution in [0.5, 0.6) is 0 Å². The molecule has 116 valence electrons. The van der Waals surface area contributed by atoms with E-state index in [2.05, 4.69) is 5.32 Å². The van der Waals surface area contributed by atoms with Crippen LogP contribution in [0.25, 0.3) is 10.4 Å². The van der Waals surface area contributed by atoms with Crippen molar-refractivity contribution in [3.63, 3.8) is 0 Å². The molecular weight excluding hydrogens is 314 g/mol. The maximum Gasteiger partial charge on any atom is 0.339 e. The standard InChI is InChI=1S/C17H13NO4S/c1-10-4-6-11(7-5-10)15-14(17(20)21)12(9-23-15)18-16(19)13-3-2-8-22-13/h2-9H,1H3,(H,18,19)(H,20,21). The summed E-state index contributed by atoms with van der Waals surface area (Å²) in [6.45, 7) is 1.96. The number of benzene rings is 1. The molecule has 0 spiro atoms. The Balaban J connectivity index is 1.97. The molecule has 1 aromatic carbocycles. The Kier molecular flexibility index (Phi) is 3.99. The quantitative estimate of drug-likeness (QED) is 0.750. The number of amides is 1. The molecule has 0 bridgehead atoms. The number of furan rings is 1. The van der Waals surface area contributed by atoms with E-state index in [1.807, 2.05) is 31.2 Å². The number of carbonyl (C=O) groups excluding carboxylic acids is 1. The number of rotatable bonds is 4. The maximum absolute atomic E-state index is 12.0. The number of aromatic carboxylic acids is 1. The van der Waals surface area contributed by atoms with Crippen molar-refractivity contribution in [2.24, 2.45) is 0 Å². The summed E-state index contributed by atoms with van der Waals surface area (Å²) in [6, 6.07) is 10.7. The average Bonchev–Trinajstić information content (AvgIpc) is 3.17. The molecule has 0 aliphatic heterocycles. The molecule has 1 amide bonds. The van der Waals surface area contributed by atoms with E-state index in [4.69, 9.17) is 4.42 Å². The van der Waals surface area contributed by atoms with Crippen molar-refractivity contribution >= 4 is 28.9 Å². The first kappa shape index (κ1) is 15.1. The van der Waals surface area contributed by atoms with Gasteiger partial charge in [-0.2, -0.15) is 0 Å². The number of carboxylic acids is 1. The zero-order valence-corrected chi connectivity index (χ0v) is 13.0. The van der Waals surface area contributed by atoms with Crippen LogP contribution in [0, 0.1) is 6.92 Å². The monoisotopic (exact) mass is 327 g/mol. The molecule has 23 heavy (non-hydrogen) atoms. The Hall–Kier alpha value is -2.86. The van der Waals surface area contributed by atoms with Crippen LogP contribution < -0.4 is 5.32 Å². The second kappa shape index (κ2) is 6.10. The Bertz CT molecular complexity index is 847. The van der Waals surface area contributed by atoms with E-state index in [0.29, 0.717) is 4.88 Å². The van der Waals surface area contributed by atoms with Gasteiger partial charge in [0.25, 0.3) is 5.91 Å². The first-order valence-corrected chi connectivity index (χ1v) is 7.71. The third kappa shape index (κ3) is 3.02. The van der Waals surface area contributed by atoms with E-state index >= 15 is 0 Å². The molecule has 2 N–H and O–H groups in total. The third-order valence-corrected chi connectivity index (χ3v) is 4.34. The van der Waals surface area contributed by atoms with Crippen LogP contribution >= 0.6 is 11.3 Å². The molecule has 0 fully saturated rings. The summed E-state index contributed by atoms with van der Waals surface area (Å²) in [4.78, 5) is 24.3. The van der Waals surface area contributed by atoms with Gasteiger partial charge in [0.1, 0.15) is 5.56 Å². The summed E-state index contributed by atoms with van der Waals surface area (Å²) in [7, 11) is 0. The zero-order chi connectivity index (χ0) is 16.4. The first-order valence-electron chi connectivity index (χ1n) is 6.83. The molecule has 2 aromatic heterocycles. The Morgan fingerprint density at radius 1 is 1.17 bits per heavy atom. The highest BCUT2D eigenvalue weighted by molar-refractivity contribution is 7.14. The van der Waals surface area contributed by atoms with Crippen molar-refractivity contribution < 1.29 is 19.1 Å². The van der Waals surface area contributed by atoms with Crippen LogP contribution in [0.2, 0.25) is 0 Å². The van der Waals surface area contributed by atoms with Crippen molar-refractivity contribution in [3.8, 4) is 10.4 Å². The molecule has 6 heteroatoms. The smallest absolute Gasteiger partial charge is 0.339 e. The minimum atomic E-state index is -1.09. The minimum absolute atomic E-state index is 0.0822.